The average Bonchev–Trinajstić information content (AvgIpc) is 2.80. The number of amides is 2. The molecule has 35 heavy (non-hydrogen) atoms. The first-order chi connectivity index (χ1) is 16.4. The van der Waals surface area contributed by atoms with Gasteiger partial charge in [-0.2, -0.15) is 0 Å². The van der Waals surface area contributed by atoms with Crippen LogP contribution in [0.4, 0.5) is 11.4 Å². The van der Waals surface area contributed by atoms with Crippen LogP contribution in [-0.2, 0) is 25.7 Å². The van der Waals surface area contributed by atoms with E-state index in [4.69, 9.17) is 4.74 Å². The van der Waals surface area contributed by atoms with E-state index in [1.165, 1.54) is 0 Å². The first-order valence-corrected chi connectivity index (χ1v) is 12.1. The van der Waals surface area contributed by atoms with Gasteiger partial charge in [0.2, 0.25) is 11.8 Å². The van der Waals surface area contributed by atoms with Gasteiger partial charge in [0, 0.05) is 43.9 Å². The van der Waals surface area contributed by atoms with Gasteiger partial charge < -0.3 is 19.9 Å². The van der Waals surface area contributed by atoms with Crippen LogP contribution in [-0.4, -0.2) is 43.4 Å². The molecule has 0 aliphatic rings. The fourth-order valence-electron chi connectivity index (χ4n) is 3.81. The summed E-state index contributed by atoms with van der Waals surface area (Å²) in [5.74, 6) is -0.609. The van der Waals surface area contributed by atoms with Crippen molar-refractivity contribution in [3.8, 4) is 0 Å². The van der Waals surface area contributed by atoms with Crippen molar-refractivity contribution in [3.63, 3.8) is 0 Å². The minimum Gasteiger partial charge on any atom is -0.466 e. The highest BCUT2D eigenvalue weighted by Gasteiger charge is 2.31. The van der Waals surface area contributed by atoms with Crippen molar-refractivity contribution >= 4 is 29.2 Å². The maximum atomic E-state index is 13.5. The molecule has 0 aromatic heterocycles. The lowest BCUT2D eigenvalue weighted by atomic mass is 9.92. The van der Waals surface area contributed by atoms with Crippen molar-refractivity contribution in [2.45, 2.75) is 60.0 Å². The molecule has 0 saturated heterocycles. The van der Waals surface area contributed by atoms with Gasteiger partial charge in [0.25, 0.3) is 0 Å². The van der Waals surface area contributed by atoms with Crippen molar-refractivity contribution < 1.29 is 19.1 Å². The standard InChI is InChI=1S/C28H39N3O4/c1-8-35-26(33)17-16-25(32)29-23-14-15-24(30(6)7)22(18-23)19-31(27(34)28(3,4)5)20(2)21-12-10-9-11-13-21/h9-15,18,20H,8,16-17,19H2,1-7H3,(H,29,32)/t20-/m1/s1. The largest absolute Gasteiger partial charge is 0.466 e. The SMILES string of the molecule is CCOC(=O)CCC(=O)Nc1ccc(N(C)C)c(CN(C(=O)C(C)(C)C)[C@H](C)c2ccccc2)c1. The molecule has 2 rings (SSSR count). The van der Waals surface area contributed by atoms with E-state index in [-0.39, 0.29) is 30.7 Å². The molecule has 7 nitrogen and oxygen atoms in total. The Hall–Kier alpha value is -3.35. The minimum absolute atomic E-state index is 0.0325. The van der Waals surface area contributed by atoms with E-state index in [2.05, 4.69) is 5.32 Å². The number of hydrogen-bond acceptors (Lipinski definition) is 5. The zero-order valence-electron chi connectivity index (χ0n) is 22.1. The van der Waals surface area contributed by atoms with Gasteiger partial charge in [0.05, 0.1) is 19.1 Å². The Labute approximate surface area is 209 Å². The van der Waals surface area contributed by atoms with Gasteiger partial charge in [-0.05, 0) is 43.2 Å². The number of carbonyl (C=O) groups is 3. The monoisotopic (exact) mass is 481 g/mol. The number of ether oxygens (including phenoxy) is 1. The highest BCUT2D eigenvalue weighted by atomic mass is 16.5. The Morgan fingerprint density at radius 2 is 1.66 bits per heavy atom. The predicted molar refractivity (Wildman–Crippen MR) is 140 cm³/mol. The first-order valence-electron chi connectivity index (χ1n) is 12.1. The normalized spacial score (nSPS) is 12.0. The van der Waals surface area contributed by atoms with Crippen molar-refractivity contribution in [3.05, 3.63) is 59.7 Å². The average molecular weight is 482 g/mol. The topological polar surface area (TPSA) is 79.0 Å². The molecule has 0 aliphatic carbocycles. The van der Waals surface area contributed by atoms with Gasteiger partial charge in [-0.25, -0.2) is 0 Å². The third-order valence-electron chi connectivity index (χ3n) is 5.70. The van der Waals surface area contributed by atoms with Gasteiger partial charge in [-0.15, -0.1) is 0 Å². The Bertz CT molecular complexity index is 1010. The molecule has 7 heteroatoms. The van der Waals surface area contributed by atoms with Crippen molar-refractivity contribution in [2.24, 2.45) is 5.41 Å². The van der Waals surface area contributed by atoms with Crippen LogP contribution in [0.25, 0.3) is 0 Å². The van der Waals surface area contributed by atoms with Crippen LogP contribution >= 0.6 is 0 Å². The Kier molecular flexibility index (Phi) is 9.87. The number of nitrogens with zero attached hydrogens (tertiary/aromatic N) is 2. The molecule has 0 spiro atoms. The van der Waals surface area contributed by atoms with Gasteiger partial charge >= 0.3 is 5.97 Å². The number of esters is 1. The van der Waals surface area contributed by atoms with Gasteiger partial charge in [-0.3, -0.25) is 14.4 Å². The number of rotatable bonds is 10. The molecular formula is C28H39N3O4. The van der Waals surface area contributed by atoms with Crippen LogP contribution in [0.3, 0.4) is 0 Å². The van der Waals surface area contributed by atoms with Gasteiger partial charge in [0.15, 0.2) is 0 Å². The maximum absolute atomic E-state index is 13.5. The molecule has 0 aliphatic heterocycles. The Balaban J connectivity index is 2.34. The number of nitrogens with one attached hydrogen (secondary N) is 1. The lowest BCUT2D eigenvalue weighted by molar-refractivity contribution is -0.144. The molecule has 0 saturated carbocycles. The highest BCUT2D eigenvalue weighted by Crippen LogP contribution is 2.32. The molecule has 1 N–H and O–H groups in total. The number of carbonyl (C=O) groups excluding carboxylic acids is 3. The third kappa shape index (κ3) is 8.12. The van der Waals surface area contributed by atoms with Crippen LogP contribution in [0.2, 0.25) is 0 Å². The smallest absolute Gasteiger partial charge is 0.306 e. The second-order valence-electron chi connectivity index (χ2n) is 9.86. The predicted octanol–water partition coefficient (Wildman–Crippen LogP) is 5.17. The summed E-state index contributed by atoms with van der Waals surface area (Å²) in [5.41, 5.74) is 3.00. The number of hydrogen-bond donors (Lipinski definition) is 1. The quantitative estimate of drug-likeness (QED) is 0.474. The molecule has 0 radical (unpaired) electrons. The van der Waals surface area contributed by atoms with E-state index in [1.54, 1.807) is 6.92 Å². The minimum atomic E-state index is -0.555. The summed E-state index contributed by atoms with van der Waals surface area (Å²) in [5, 5.41) is 2.87. The highest BCUT2D eigenvalue weighted by molar-refractivity contribution is 5.93. The van der Waals surface area contributed by atoms with Crippen molar-refractivity contribution in [2.75, 3.05) is 30.9 Å². The van der Waals surface area contributed by atoms with Gasteiger partial charge in [0.1, 0.15) is 0 Å². The molecule has 0 unspecified atom stereocenters. The van der Waals surface area contributed by atoms with Crippen LogP contribution in [0.5, 0.6) is 0 Å². The molecule has 0 heterocycles. The molecule has 0 fully saturated rings. The summed E-state index contributed by atoms with van der Waals surface area (Å²) >= 11 is 0. The maximum Gasteiger partial charge on any atom is 0.306 e. The van der Waals surface area contributed by atoms with Crippen LogP contribution in [0, 0.1) is 5.41 Å². The van der Waals surface area contributed by atoms with Crippen LogP contribution in [0.1, 0.15) is 64.6 Å². The zero-order valence-corrected chi connectivity index (χ0v) is 22.1. The van der Waals surface area contributed by atoms with Crippen molar-refractivity contribution in [1.29, 1.82) is 0 Å². The third-order valence-corrected chi connectivity index (χ3v) is 5.70. The molecule has 2 amide bonds. The molecule has 1 atom stereocenters. The van der Waals surface area contributed by atoms with Crippen molar-refractivity contribution in [1.82, 2.24) is 4.90 Å². The molecule has 2 aromatic carbocycles. The summed E-state index contributed by atoms with van der Waals surface area (Å²) in [6.07, 6.45) is 0.0774. The summed E-state index contributed by atoms with van der Waals surface area (Å²) in [4.78, 5) is 41.4. The van der Waals surface area contributed by atoms with E-state index < -0.39 is 11.4 Å². The number of benzene rings is 2. The first kappa shape index (κ1) is 27.9. The fraction of sp³-hybridized carbons (Fsp3) is 0.464. The molecule has 190 valence electrons. The van der Waals surface area contributed by atoms with E-state index in [9.17, 15) is 14.4 Å². The molecule has 0 bridgehead atoms. The summed E-state index contributed by atoms with van der Waals surface area (Å²) in [6.45, 7) is 10.2. The van der Waals surface area contributed by atoms with E-state index >= 15 is 0 Å². The summed E-state index contributed by atoms with van der Waals surface area (Å²) in [6, 6.07) is 15.5. The Morgan fingerprint density at radius 3 is 2.23 bits per heavy atom. The Morgan fingerprint density at radius 1 is 1.00 bits per heavy atom. The number of anilines is 2. The second-order valence-corrected chi connectivity index (χ2v) is 9.86. The van der Waals surface area contributed by atoms with Crippen LogP contribution in [0.15, 0.2) is 48.5 Å². The zero-order chi connectivity index (χ0) is 26.2. The second kappa shape index (κ2) is 12.4. The molecular weight excluding hydrogens is 442 g/mol. The summed E-state index contributed by atoms with van der Waals surface area (Å²) in [7, 11) is 3.90. The fourth-order valence-corrected chi connectivity index (χ4v) is 3.81. The summed E-state index contributed by atoms with van der Waals surface area (Å²) < 4.78 is 4.89. The van der Waals surface area contributed by atoms with Gasteiger partial charge in [-0.1, -0.05) is 51.1 Å². The molecule has 2 aromatic rings. The van der Waals surface area contributed by atoms with Crippen LogP contribution < -0.4 is 10.2 Å². The van der Waals surface area contributed by atoms with E-state index in [1.807, 2.05) is 100 Å². The lowest BCUT2D eigenvalue weighted by Gasteiger charge is -2.35. The lowest BCUT2D eigenvalue weighted by Crippen LogP contribution is -2.40. The van der Waals surface area contributed by atoms with E-state index in [0.717, 1.165) is 16.8 Å². The van der Waals surface area contributed by atoms with E-state index in [0.29, 0.717) is 18.8 Å².